The van der Waals surface area contributed by atoms with Gasteiger partial charge in [0.1, 0.15) is 11.3 Å². The lowest BCUT2D eigenvalue weighted by molar-refractivity contribution is 0.601. The van der Waals surface area contributed by atoms with Crippen molar-refractivity contribution in [1.29, 1.82) is 0 Å². The van der Waals surface area contributed by atoms with Crippen molar-refractivity contribution < 1.29 is 4.42 Å². The molecule has 0 saturated heterocycles. The largest absolute Gasteiger partial charge is 0.456 e. The molecule has 0 aliphatic rings. The van der Waals surface area contributed by atoms with Crippen molar-refractivity contribution in [2.75, 3.05) is 0 Å². The van der Waals surface area contributed by atoms with E-state index in [9.17, 15) is 0 Å². The molecule has 0 aliphatic carbocycles. The SMILES string of the molecule is C=Cc1oc2ccccc2c1C. The molecule has 1 heteroatoms. The highest BCUT2D eigenvalue weighted by Crippen LogP contribution is 2.25. The van der Waals surface area contributed by atoms with E-state index >= 15 is 0 Å². The van der Waals surface area contributed by atoms with Gasteiger partial charge in [-0.05, 0) is 19.1 Å². The average molecular weight is 158 g/mol. The minimum atomic E-state index is 0.871. The second-order valence-electron chi connectivity index (χ2n) is 2.79. The van der Waals surface area contributed by atoms with Gasteiger partial charge in [0.25, 0.3) is 0 Å². The summed E-state index contributed by atoms with van der Waals surface area (Å²) in [5.41, 5.74) is 2.10. The van der Waals surface area contributed by atoms with Crippen molar-refractivity contribution in [3.63, 3.8) is 0 Å². The third-order valence-corrected chi connectivity index (χ3v) is 2.07. The van der Waals surface area contributed by atoms with Gasteiger partial charge in [-0.15, -0.1) is 0 Å². The molecule has 1 aromatic heterocycles. The maximum absolute atomic E-state index is 5.53. The Hall–Kier alpha value is -1.50. The first kappa shape index (κ1) is 7.17. The van der Waals surface area contributed by atoms with Gasteiger partial charge >= 0.3 is 0 Å². The van der Waals surface area contributed by atoms with Crippen LogP contribution in [0.25, 0.3) is 17.0 Å². The van der Waals surface area contributed by atoms with E-state index in [4.69, 9.17) is 4.42 Å². The summed E-state index contributed by atoms with van der Waals surface area (Å²) in [6.45, 7) is 5.74. The Bertz CT molecular complexity index is 423. The summed E-state index contributed by atoms with van der Waals surface area (Å²) >= 11 is 0. The number of aryl methyl sites for hydroxylation is 1. The fourth-order valence-corrected chi connectivity index (χ4v) is 1.39. The van der Waals surface area contributed by atoms with Gasteiger partial charge in [-0.25, -0.2) is 0 Å². The van der Waals surface area contributed by atoms with Crippen molar-refractivity contribution in [1.82, 2.24) is 0 Å². The van der Waals surface area contributed by atoms with Crippen LogP contribution in [0.2, 0.25) is 0 Å². The van der Waals surface area contributed by atoms with Crippen molar-refractivity contribution >= 4 is 17.0 Å². The highest BCUT2D eigenvalue weighted by Gasteiger charge is 2.05. The van der Waals surface area contributed by atoms with Crippen molar-refractivity contribution in [3.8, 4) is 0 Å². The highest BCUT2D eigenvalue weighted by molar-refractivity contribution is 5.83. The standard InChI is InChI=1S/C11H10O/c1-3-10-8(2)9-6-4-5-7-11(9)12-10/h3-7H,1H2,2H3. The Morgan fingerprint density at radius 2 is 2.08 bits per heavy atom. The average Bonchev–Trinajstić information content (AvgIpc) is 2.44. The van der Waals surface area contributed by atoms with Gasteiger partial charge in [0.15, 0.2) is 0 Å². The predicted molar refractivity (Wildman–Crippen MR) is 51.0 cm³/mol. The summed E-state index contributed by atoms with van der Waals surface area (Å²) < 4.78 is 5.53. The molecule has 0 N–H and O–H groups in total. The molecule has 1 nitrogen and oxygen atoms in total. The van der Waals surface area contributed by atoms with Gasteiger partial charge in [-0.1, -0.05) is 24.8 Å². The maximum atomic E-state index is 5.53. The third-order valence-electron chi connectivity index (χ3n) is 2.07. The van der Waals surface area contributed by atoms with Crippen molar-refractivity contribution in [2.24, 2.45) is 0 Å². The van der Waals surface area contributed by atoms with Crippen LogP contribution in [0.5, 0.6) is 0 Å². The molecule has 0 atom stereocenters. The normalized spacial score (nSPS) is 10.4. The molecule has 2 aromatic rings. The van der Waals surface area contributed by atoms with Gasteiger partial charge in [-0.2, -0.15) is 0 Å². The lowest BCUT2D eigenvalue weighted by atomic mass is 10.1. The first-order chi connectivity index (χ1) is 5.83. The molecule has 0 amide bonds. The molecular formula is C11H10O. The van der Waals surface area contributed by atoms with Crippen molar-refractivity contribution in [3.05, 3.63) is 42.2 Å². The van der Waals surface area contributed by atoms with E-state index in [0.717, 1.165) is 11.3 Å². The number of furan rings is 1. The van der Waals surface area contributed by atoms with Crippen LogP contribution in [0.4, 0.5) is 0 Å². The van der Waals surface area contributed by atoms with E-state index in [2.05, 4.69) is 12.6 Å². The number of fused-ring (bicyclic) bond motifs is 1. The number of rotatable bonds is 1. The zero-order valence-electron chi connectivity index (χ0n) is 7.00. The Morgan fingerprint density at radius 1 is 1.33 bits per heavy atom. The summed E-state index contributed by atoms with van der Waals surface area (Å²) in [6, 6.07) is 8.01. The van der Waals surface area contributed by atoms with Crippen LogP contribution in [0, 0.1) is 6.92 Å². The van der Waals surface area contributed by atoms with Gasteiger partial charge in [0.05, 0.1) is 0 Å². The van der Waals surface area contributed by atoms with Crippen molar-refractivity contribution in [2.45, 2.75) is 6.92 Å². The molecule has 1 heterocycles. The van der Waals surface area contributed by atoms with Gasteiger partial charge in [0, 0.05) is 10.9 Å². The predicted octanol–water partition coefficient (Wildman–Crippen LogP) is 3.38. The number of para-hydroxylation sites is 1. The molecule has 12 heavy (non-hydrogen) atoms. The number of benzene rings is 1. The summed E-state index contributed by atoms with van der Waals surface area (Å²) in [4.78, 5) is 0. The quantitative estimate of drug-likeness (QED) is 0.620. The van der Waals surface area contributed by atoms with E-state index < -0.39 is 0 Å². The Kier molecular flexibility index (Phi) is 1.51. The molecule has 1 aromatic carbocycles. The van der Waals surface area contributed by atoms with Crippen LogP contribution in [0.15, 0.2) is 35.3 Å². The fourth-order valence-electron chi connectivity index (χ4n) is 1.39. The van der Waals surface area contributed by atoms with E-state index in [1.807, 2.05) is 25.1 Å². The summed E-state index contributed by atoms with van der Waals surface area (Å²) in [5, 5.41) is 1.17. The van der Waals surface area contributed by atoms with Crippen LogP contribution in [-0.2, 0) is 0 Å². The maximum Gasteiger partial charge on any atom is 0.135 e. The lowest BCUT2D eigenvalue weighted by Crippen LogP contribution is -1.69. The molecule has 0 fully saturated rings. The molecular weight excluding hydrogens is 148 g/mol. The first-order valence-electron chi connectivity index (χ1n) is 3.93. The van der Waals surface area contributed by atoms with E-state index in [-0.39, 0.29) is 0 Å². The van der Waals surface area contributed by atoms with E-state index in [1.165, 1.54) is 10.9 Å². The van der Waals surface area contributed by atoms with Gasteiger partial charge in [-0.3, -0.25) is 0 Å². The van der Waals surface area contributed by atoms with Gasteiger partial charge < -0.3 is 4.42 Å². The third kappa shape index (κ3) is 0.866. The van der Waals surface area contributed by atoms with Gasteiger partial charge in [0.2, 0.25) is 0 Å². The molecule has 0 saturated carbocycles. The summed E-state index contributed by atoms with van der Waals surface area (Å²) in [6.07, 6.45) is 1.75. The smallest absolute Gasteiger partial charge is 0.135 e. The first-order valence-corrected chi connectivity index (χ1v) is 3.93. The zero-order valence-corrected chi connectivity index (χ0v) is 7.00. The zero-order chi connectivity index (χ0) is 8.55. The molecule has 0 aliphatic heterocycles. The van der Waals surface area contributed by atoms with Crippen LogP contribution < -0.4 is 0 Å². The molecule has 0 bridgehead atoms. The molecule has 60 valence electrons. The molecule has 0 spiro atoms. The lowest BCUT2D eigenvalue weighted by Gasteiger charge is -1.85. The Balaban J connectivity index is 2.87. The number of hydrogen-bond donors (Lipinski definition) is 0. The molecule has 0 unspecified atom stereocenters. The van der Waals surface area contributed by atoms with Crippen LogP contribution in [0.1, 0.15) is 11.3 Å². The second-order valence-corrected chi connectivity index (χ2v) is 2.79. The fraction of sp³-hybridized carbons (Fsp3) is 0.0909. The van der Waals surface area contributed by atoms with Crippen LogP contribution in [-0.4, -0.2) is 0 Å². The monoisotopic (exact) mass is 158 g/mol. The molecule has 2 rings (SSSR count). The minimum absolute atomic E-state index is 0.871. The minimum Gasteiger partial charge on any atom is -0.456 e. The summed E-state index contributed by atoms with van der Waals surface area (Å²) in [5.74, 6) is 0.871. The number of hydrogen-bond acceptors (Lipinski definition) is 1. The summed E-state index contributed by atoms with van der Waals surface area (Å²) in [7, 11) is 0. The van der Waals surface area contributed by atoms with E-state index in [0.29, 0.717) is 0 Å². The highest BCUT2D eigenvalue weighted by atomic mass is 16.3. The second kappa shape index (κ2) is 2.52. The Morgan fingerprint density at radius 3 is 2.75 bits per heavy atom. The topological polar surface area (TPSA) is 13.1 Å². The Labute approximate surface area is 71.3 Å². The van der Waals surface area contributed by atoms with Crippen LogP contribution >= 0.6 is 0 Å². The molecule has 0 radical (unpaired) electrons. The van der Waals surface area contributed by atoms with E-state index in [1.54, 1.807) is 6.08 Å². The van der Waals surface area contributed by atoms with Crippen LogP contribution in [0.3, 0.4) is 0 Å².